The van der Waals surface area contributed by atoms with Crippen LogP contribution in [0.2, 0.25) is 0 Å². The standard InChI is InChI=1S/C16H24N8O/c1-21-12-17-15(19-21)16(25)23-8-5-9-24-14(11-23)13(18-20-24)10-22-6-3-2-4-7-22/h12H,2-11H2,1H3. The molecule has 1 fully saturated rings. The zero-order valence-electron chi connectivity index (χ0n) is 14.6. The molecule has 0 spiro atoms. The van der Waals surface area contributed by atoms with Crippen molar-refractivity contribution in [1.29, 1.82) is 0 Å². The molecule has 4 heterocycles. The summed E-state index contributed by atoms with van der Waals surface area (Å²) >= 11 is 0. The Balaban J connectivity index is 1.52. The molecule has 0 aliphatic carbocycles. The van der Waals surface area contributed by atoms with Gasteiger partial charge in [0.15, 0.2) is 0 Å². The molecule has 134 valence electrons. The zero-order chi connectivity index (χ0) is 17.2. The fraction of sp³-hybridized carbons (Fsp3) is 0.688. The van der Waals surface area contributed by atoms with E-state index < -0.39 is 0 Å². The van der Waals surface area contributed by atoms with Crippen molar-refractivity contribution in [2.45, 2.75) is 45.3 Å². The SMILES string of the molecule is Cn1cnc(C(=O)N2CCCn3nnc(CN4CCCCC4)c3C2)n1. The van der Waals surface area contributed by atoms with E-state index in [1.807, 2.05) is 9.58 Å². The summed E-state index contributed by atoms with van der Waals surface area (Å²) in [4.78, 5) is 21.1. The minimum atomic E-state index is -0.126. The monoisotopic (exact) mass is 344 g/mol. The Morgan fingerprint density at radius 2 is 1.96 bits per heavy atom. The van der Waals surface area contributed by atoms with Crippen LogP contribution in [0.25, 0.3) is 0 Å². The quantitative estimate of drug-likeness (QED) is 0.803. The fourth-order valence-electron chi connectivity index (χ4n) is 3.60. The number of amides is 1. The number of piperidine rings is 1. The third-order valence-electron chi connectivity index (χ3n) is 4.96. The first-order chi connectivity index (χ1) is 12.2. The largest absolute Gasteiger partial charge is 0.330 e. The second kappa shape index (κ2) is 6.91. The highest BCUT2D eigenvalue weighted by Crippen LogP contribution is 2.19. The molecule has 0 radical (unpaired) electrons. The van der Waals surface area contributed by atoms with Crippen molar-refractivity contribution in [2.24, 2.45) is 7.05 Å². The molecule has 4 rings (SSSR count). The molecule has 0 saturated carbocycles. The lowest BCUT2D eigenvalue weighted by Crippen LogP contribution is -2.33. The molecule has 2 aromatic rings. The van der Waals surface area contributed by atoms with Crippen molar-refractivity contribution in [3.63, 3.8) is 0 Å². The Bertz CT molecular complexity index is 745. The predicted octanol–water partition coefficient (Wildman–Crippen LogP) is 0.439. The van der Waals surface area contributed by atoms with Gasteiger partial charge in [0.25, 0.3) is 5.91 Å². The van der Waals surface area contributed by atoms with Crippen molar-refractivity contribution < 1.29 is 4.79 Å². The molecule has 9 nitrogen and oxygen atoms in total. The van der Waals surface area contributed by atoms with Gasteiger partial charge in [0, 0.05) is 26.7 Å². The number of rotatable bonds is 3. The zero-order valence-corrected chi connectivity index (χ0v) is 14.6. The average Bonchev–Trinajstić information content (AvgIpc) is 3.15. The topological polar surface area (TPSA) is 85.0 Å². The van der Waals surface area contributed by atoms with Crippen LogP contribution < -0.4 is 0 Å². The van der Waals surface area contributed by atoms with Gasteiger partial charge in [-0.15, -0.1) is 10.2 Å². The normalized spacial score (nSPS) is 18.8. The van der Waals surface area contributed by atoms with Crippen molar-refractivity contribution >= 4 is 5.91 Å². The molecule has 9 heteroatoms. The van der Waals surface area contributed by atoms with E-state index in [1.165, 1.54) is 19.3 Å². The van der Waals surface area contributed by atoms with Crippen LogP contribution in [-0.4, -0.2) is 65.1 Å². The highest BCUT2D eigenvalue weighted by atomic mass is 16.2. The molecule has 2 aromatic heterocycles. The number of carbonyl (C=O) groups is 1. The summed E-state index contributed by atoms with van der Waals surface area (Å²) < 4.78 is 3.51. The van der Waals surface area contributed by atoms with E-state index in [1.54, 1.807) is 18.1 Å². The molecule has 0 aromatic carbocycles. The molecule has 25 heavy (non-hydrogen) atoms. The molecular formula is C16H24N8O. The Morgan fingerprint density at radius 1 is 1.12 bits per heavy atom. The number of aryl methyl sites for hydroxylation is 2. The van der Waals surface area contributed by atoms with Crippen molar-refractivity contribution in [2.75, 3.05) is 19.6 Å². The second-order valence-corrected chi connectivity index (χ2v) is 6.86. The van der Waals surface area contributed by atoms with Crippen LogP contribution in [0.15, 0.2) is 6.33 Å². The number of carbonyl (C=O) groups excluding carboxylic acids is 1. The number of hydrogen-bond acceptors (Lipinski definition) is 6. The maximum atomic E-state index is 12.7. The summed E-state index contributed by atoms with van der Waals surface area (Å²) in [7, 11) is 1.77. The summed E-state index contributed by atoms with van der Waals surface area (Å²) in [5.41, 5.74) is 2.04. The Morgan fingerprint density at radius 3 is 2.72 bits per heavy atom. The van der Waals surface area contributed by atoms with E-state index in [-0.39, 0.29) is 11.7 Å². The van der Waals surface area contributed by atoms with E-state index in [0.29, 0.717) is 13.1 Å². The summed E-state index contributed by atoms with van der Waals surface area (Å²) in [6.45, 7) is 5.05. The number of nitrogens with zero attached hydrogens (tertiary/aromatic N) is 8. The summed E-state index contributed by atoms with van der Waals surface area (Å²) in [5.74, 6) is 0.125. The highest BCUT2D eigenvalue weighted by molar-refractivity contribution is 5.90. The van der Waals surface area contributed by atoms with Gasteiger partial charge in [-0.3, -0.25) is 14.4 Å². The van der Waals surface area contributed by atoms with Gasteiger partial charge in [-0.1, -0.05) is 11.6 Å². The molecule has 1 amide bonds. The maximum absolute atomic E-state index is 12.7. The van der Waals surface area contributed by atoms with E-state index in [4.69, 9.17) is 0 Å². The van der Waals surface area contributed by atoms with Gasteiger partial charge in [-0.05, 0) is 32.4 Å². The minimum absolute atomic E-state index is 0.126. The first-order valence-electron chi connectivity index (χ1n) is 8.99. The molecular weight excluding hydrogens is 320 g/mol. The first-order valence-corrected chi connectivity index (χ1v) is 8.99. The number of fused-ring (bicyclic) bond motifs is 1. The van der Waals surface area contributed by atoms with Crippen LogP contribution in [0.1, 0.15) is 47.7 Å². The third kappa shape index (κ3) is 3.41. The van der Waals surface area contributed by atoms with Crippen molar-refractivity contribution in [1.82, 2.24) is 39.6 Å². The molecule has 2 aliphatic heterocycles. The number of aromatic nitrogens is 6. The molecule has 0 N–H and O–H groups in total. The van der Waals surface area contributed by atoms with Crippen LogP contribution in [0, 0.1) is 0 Å². The lowest BCUT2D eigenvalue weighted by molar-refractivity contribution is 0.0732. The Hall–Kier alpha value is -2.29. The van der Waals surface area contributed by atoms with Crippen LogP contribution in [0.5, 0.6) is 0 Å². The number of likely N-dealkylation sites (tertiary alicyclic amines) is 1. The lowest BCUT2D eigenvalue weighted by Gasteiger charge is -2.26. The van der Waals surface area contributed by atoms with Crippen LogP contribution >= 0.6 is 0 Å². The predicted molar refractivity (Wildman–Crippen MR) is 89.5 cm³/mol. The van der Waals surface area contributed by atoms with E-state index in [0.717, 1.165) is 44.0 Å². The van der Waals surface area contributed by atoms with Crippen molar-refractivity contribution in [3.05, 3.63) is 23.5 Å². The van der Waals surface area contributed by atoms with Gasteiger partial charge in [0.1, 0.15) is 12.0 Å². The average molecular weight is 344 g/mol. The van der Waals surface area contributed by atoms with Crippen molar-refractivity contribution in [3.8, 4) is 0 Å². The fourth-order valence-corrected chi connectivity index (χ4v) is 3.60. The summed E-state index contributed by atoms with van der Waals surface area (Å²) in [5, 5.41) is 12.9. The highest BCUT2D eigenvalue weighted by Gasteiger charge is 2.26. The van der Waals surface area contributed by atoms with Crippen LogP contribution in [0.4, 0.5) is 0 Å². The summed E-state index contributed by atoms with van der Waals surface area (Å²) in [6, 6.07) is 0. The van der Waals surface area contributed by atoms with Gasteiger partial charge in [-0.2, -0.15) is 0 Å². The maximum Gasteiger partial charge on any atom is 0.293 e. The molecule has 0 unspecified atom stereocenters. The van der Waals surface area contributed by atoms with Gasteiger partial charge >= 0.3 is 0 Å². The van der Waals surface area contributed by atoms with E-state index in [2.05, 4.69) is 25.3 Å². The Kier molecular flexibility index (Phi) is 4.48. The number of hydrogen-bond donors (Lipinski definition) is 0. The smallest absolute Gasteiger partial charge is 0.293 e. The second-order valence-electron chi connectivity index (χ2n) is 6.86. The molecule has 0 bridgehead atoms. The van der Waals surface area contributed by atoms with Gasteiger partial charge in [0.2, 0.25) is 5.82 Å². The van der Waals surface area contributed by atoms with Gasteiger partial charge in [0.05, 0.1) is 12.2 Å². The minimum Gasteiger partial charge on any atom is -0.330 e. The van der Waals surface area contributed by atoms with E-state index >= 15 is 0 Å². The van der Waals surface area contributed by atoms with Crippen LogP contribution in [0.3, 0.4) is 0 Å². The Labute approximate surface area is 146 Å². The molecule has 0 atom stereocenters. The third-order valence-corrected chi connectivity index (χ3v) is 4.96. The molecule has 2 aliphatic rings. The summed E-state index contributed by atoms with van der Waals surface area (Å²) in [6.07, 6.45) is 6.23. The lowest BCUT2D eigenvalue weighted by atomic mass is 10.1. The van der Waals surface area contributed by atoms with E-state index in [9.17, 15) is 4.79 Å². The molecule has 1 saturated heterocycles. The first kappa shape index (κ1) is 16.2. The van der Waals surface area contributed by atoms with Gasteiger partial charge in [-0.25, -0.2) is 9.67 Å². The van der Waals surface area contributed by atoms with Gasteiger partial charge < -0.3 is 4.90 Å². The van der Waals surface area contributed by atoms with Crippen LogP contribution in [-0.2, 0) is 26.7 Å².